The van der Waals surface area contributed by atoms with E-state index in [0.717, 1.165) is 51.4 Å². The number of rotatable bonds is 47. The van der Waals surface area contributed by atoms with Crippen LogP contribution in [0.2, 0.25) is 0 Å². The molecule has 18 nitrogen and oxygen atoms in total. The fraction of sp³-hybridized carbons (Fsp3) is 0.926. The first-order valence-corrected chi connectivity index (χ1v) is 28.1. The number of hydrogen-bond acceptors (Lipinski definition) is 12. The Bertz CT molecular complexity index is 1080. The Balaban J connectivity index is -0.000000260. The summed E-state index contributed by atoms with van der Waals surface area (Å²) in [5.74, 6) is -2.64. The van der Waals surface area contributed by atoms with Crippen molar-refractivity contribution in [3.63, 3.8) is 0 Å². The first-order valence-electron chi connectivity index (χ1n) is 28.1. The second-order valence-electron chi connectivity index (χ2n) is 19.1. The summed E-state index contributed by atoms with van der Waals surface area (Å²) in [7, 11) is 0. The zero-order valence-corrected chi connectivity index (χ0v) is 45.9. The quantitative estimate of drug-likeness (QED) is 0.0159. The van der Waals surface area contributed by atoms with Crippen molar-refractivity contribution in [1.82, 2.24) is 0 Å². The summed E-state index contributed by atoms with van der Waals surface area (Å²) in [5, 5.41) is 90.5. The van der Waals surface area contributed by atoms with E-state index in [0.29, 0.717) is 25.7 Å². The van der Waals surface area contributed by atoms with Gasteiger partial charge in [-0.25, -0.2) is 0 Å². The molecule has 0 radical (unpaired) electrons. The molecule has 0 aliphatic heterocycles. The van der Waals surface area contributed by atoms with Gasteiger partial charge in [-0.1, -0.05) is 233 Å². The Kier molecular flexibility index (Phi) is 64.6. The van der Waals surface area contributed by atoms with Gasteiger partial charge in [0.25, 0.3) is 0 Å². The number of aliphatic carboxylic acids is 4. The summed E-state index contributed by atoms with van der Waals surface area (Å²) < 4.78 is 0. The lowest BCUT2D eigenvalue weighted by atomic mass is 9.79. The maximum Gasteiger partial charge on any atom is 0.339 e. The zero-order chi connectivity index (χ0) is 55.6. The molecule has 18 heteroatoms. The monoisotopic (exact) mass is 1040 g/mol. The third kappa shape index (κ3) is 52.8. The summed E-state index contributed by atoms with van der Waals surface area (Å²) in [6.45, 7) is 3.35. The van der Waals surface area contributed by atoms with Gasteiger partial charge in [0.2, 0.25) is 0 Å². The predicted octanol–water partition coefficient (Wildman–Crippen LogP) is 13.0. The summed E-state index contributed by atoms with van der Waals surface area (Å²) in [4.78, 5) is 59.7. The molecule has 0 aliphatic carbocycles. The zero-order valence-electron chi connectivity index (χ0n) is 45.9. The van der Waals surface area contributed by atoms with Gasteiger partial charge in [-0.2, -0.15) is 0 Å². The van der Waals surface area contributed by atoms with Gasteiger partial charge in [-0.15, -0.1) is 0 Å². The van der Waals surface area contributed by atoms with E-state index in [1.807, 2.05) is 0 Å². The molecule has 0 heterocycles. The lowest BCUT2D eigenvalue weighted by molar-refractivity contribution is -0.693. The van der Waals surface area contributed by atoms with E-state index in [1.165, 1.54) is 180 Å². The van der Waals surface area contributed by atoms with Crippen LogP contribution in [0.1, 0.15) is 285 Å². The molecular weight excluding hydrogens is 933 g/mol. The summed E-state index contributed by atoms with van der Waals surface area (Å²) in [6.07, 6.45) is 45.9. The highest BCUT2D eigenvalue weighted by atomic mass is 16.7. The van der Waals surface area contributed by atoms with Crippen LogP contribution in [-0.4, -0.2) is 112 Å². The van der Waals surface area contributed by atoms with Gasteiger partial charge < -0.3 is 40.9 Å². The van der Waals surface area contributed by atoms with Crippen LogP contribution < -0.4 is 0 Å². The number of carbonyl (C=O) groups is 4. The molecular formula is C54H108N2O16. The fourth-order valence-electron chi connectivity index (χ4n) is 7.61. The van der Waals surface area contributed by atoms with Crippen LogP contribution in [0.15, 0.2) is 0 Å². The van der Waals surface area contributed by atoms with Crippen molar-refractivity contribution in [2.24, 2.45) is 0 Å². The molecule has 0 aliphatic rings. The number of nitro groups is 2. The number of carboxylic acids is 4. The second-order valence-corrected chi connectivity index (χ2v) is 19.1. The summed E-state index contributed by atoms with van der Waals surface area (Å²) in [6, 6.07) is 0. The number of unbranched alkanes of at least 4 members (excludes halogenated alkanes) is 32. The Labute approximate surface area is 434 Å². The number of aliphatic hydroxyl groups is 4. The van der Waals surface area contributed by atoms with Crippen molar-refractivity contribution in [2.75, 3.05) is 26.4 Å². The van der Waals surface area contributed by atoms with Crippen LogP contribution in [0.3, 0.4) is 0 Å². The Morgan fingerprint density at radius 1 is 0.292 bits per heavy atom. The smallest absolute Gasteiger partial charge is 0.339 e. The minimum atomic E-state index is -2.85. The Morgan fingerprint density at radius 3 is 0.514 bits per heavy atom. The van der Waals surface area contributed by atoms with Crippen molar-refractivity contribution in [1.29, 1.82) is 0 Å². The van der Waals surface area contributed by atoms with Crippen LogP contribution in [0, 0.1) is 20.2 Å². The van der Waals surface area contributed by atoms with E-state index in [9.17, 15) is 39.4 Å². The van der Waals surface area contributed by atoms with E-state index >= 15 is 0 Å². The first-order chi connectivity index (χ1) is 34.5. The number of carboxylic acid groups (broad SMARTS) is 4. The molecule has 0 aromatic carbocycles. The molecule has 0 bridgehead atoms. The lowest BCUT2D eigenvalue weighted by Gasteiger charge is -2.32. The Morgan fingerprint density at radius 2 is 0.417 bits per heavy atom. The molecule has 0 spiro atoms. The number of nitrogens with zero attached hydrogens (tertiary/aromatic N) is 2. The average molecular weight is 1040 g/mol. The van der Waals surface area contributed by atoms with E-state index in [2.05, 4.69) is 27.7 Å². The predicted molar refractivity (Wildman–Crippen MR) is 286 cm³/mol. The molecule has 8 N–H and O–H groups in total. The summed E-state index contributed by atoms with van der Waals surface area (Å²) in [5.41, 5.74) is -5.69. The van der Waals surface area contributed by atoms with Gasteiger partial charge >= 0.3 is 35.0 Å². The number of hydrogen-bond donors (Lipinski definition) is 8. The van der Waals surface area contributed by atoms with Crippen molar-refractivity contribution in [2.45, 2.75) is 296 Å². The maximum atomic E-state index is 10.7. The van der Waals surface area contributed by atoms with Gasteiger partial charge in [0.1, 0.15) is 26.4 Å². The molecule has 0 rings (SSSR count). The maximum absolute atomic E-state index is 10.7. The highest BCUT2D eigenvalue weighted by molar-refractivity contribution is 5.67. The highest BCUT2D eigenvalue weighted by Crippen LogP contribution is 2.28. The van der Waals surface area contributed by atoms with Crippen LogP contribution in [0.5, 0.6) is 0 Å². The van der Waals surface area contributed by atoms with Gasteiger partial charge in [-0.3, -0.25) is 39.4 Å². The van der Waals surface area contributed by atoms with Crippen LogP contribution in [0.4, 0.5) is 0 Å². The van der Waals surface area contributed by atoms with Crippen molar-refractivity contribution in [3.8, 4) is 0 Å². The average Bonchev–Trinajstić information content (AvgIpc) is 3.34. The number of aliphatic hydroxyl groups excluding tert-OH is 4. The third-order valence-electron chi connectivity index (χ3n) is 12.6. The molecule has 0 amide bonds. The van der Waals surface area contributed by atoms with Gasteiger partial charge in [-0.05, 0) is 25.7 Å². The van der Waals surface area contributed by atoms with E-state index in [4.69, 9.17) is 40.9 Å². The molecule has 0 saturated heterocycles. The summed E-state index contributed by atoms with van der Waals surface area (Å²) >= 11 is 0. The molecule has 0 fully saturated rings. The lowest BCUT2D eigenvalue weighted by Crippen LogP contribution is -2.71. The largest absolute Gasteiger partial charge is 0.481 e. The van der Waals surface area contributed by atoms with E-state index in [-0.39, 0.29) is 0 Å². The van der Waals surface area contributed by atoms with Crippen molar-refractivity contribution < 1.29 is 69.9 Å². The van der Waals surface area contributed by atoms with Crippen molar-refractivity contribution in [3.05, 3.63) is 20.2 Å². The second kappa shape index (κ2) is 60.1. The topological polar surface area (TPSA) is 316 Å². The minimum absolute atomic E-state index is 0.343. The molecule has 430 valence electrons. The molecule has 0 aromatic rings. The highest BCUT2D eigenvalue weighted by Gasteiger charge is 2.70. The third-order valence-corrected chi connectivity index (χ3v) is 12.6. The molecule has 0 aromatic heterocycles. The van der Waals surface area contributed by atoms with E-state index in [1.54, 1.807) is 0 Å². The molecule has 0 atom stereocenters. The van der Waals surface area contributed by atoms with Crippen molar-refractivity contribution >= 4 is 23.9 Å². The van der Waals surface area contributed by atoms with E-state index < -0.39 is 71.2 Å². The molecule has 0 unspecified atom stereocenters. The van der Waals surface area contributed by atoms with Gasteiger partial charge in [0, 0.05) is 35.5 Å². The fourth-order valence-corrected chi connectivity index (χ4v) is 7.61. The standard InChI is InChI=1S/4C12H24O2.C6H12N2O8/c4*1-2-3-4-5-6-7-8-9-10-11-12(13)14;9-1-5(2-10,7(13)14)6(3-11,4-12)8(15)16/h4*2-11H2,1H3,(H,13,14);9-12H,1-4H2. The van der Waals surface area contributed by atoms with Crippen LogP contribution in [0.25, 0.3) is 0 Å². The van der Waals surface area contributed by atoms with Gasteiger partial charge in [0.15, 0.2) is 0 Å². The molecule has 0 saturated carbocycles. The van der Waals surface area contributed by atoms with Gasteiger partial charge in [0.05, 0.1) is 0 Å². The normalized spacial score (nSPS) is 10.8. The first kappa shape index (κ1) is 77.4. The molecule has 72 heavy (non-hydrogen) atoms. The Hall–Kier alpha value is -3.48. The SMILES string of the molecule is CCCCCCCCCCCC(=O)O.CCCCCCCCCCCC(=O)O.CCCCCCCCCCCC(=O)O.CCCCCCCCCCCC(=O)O.O=[N+]([O-])C(CO)(CO)C(CO)(CO)[N+](=O)[O-]. The van der Waals surface area contributed by atoms with Crippen LogP contribution >= 0.6 is 0 Å². The van der Waals surface area contributed by atoms with Crippen LogP contribution in [-0.2, 0) is 19.2 Å². The minimum Gasteiger partial charge on any atom is -0.481 e.